The Kier molecular flexibility index (Phi) is 1.93. The first-order chi connectivity index (χ1) is 9.14. The number of allylic oxidation sites excluding steroid dienone is 2. The third-order valence-electron chi connectivity index (χ3n) is 5.13. The molecule has 0 aromatic heterocycles. The Morgan fingerprint density at radius 1 is 1.16 bits per heavy atom. The molecule has 3 nitrogen and oxygen atoms in total. The van der Waals surface area contributed by atoms with Gasteiger partial charge in [-0.25, -0.2) is 4.90 Å². The van der Waals surface area contributed by atoms with E-state index >= 15 is 0 Å². The predicted molar refractivity (Wildman–Crippen MR) is 71.3 cm³/mol. The fourth-order valence-electron chi connectivity index (χ4n) is 4.13. The second-order valence-electron chi connectivity index (χ2n) is 5.97. The van der Waals surface area contributed by atoms with Crippen LogP contribution in [0, 0.1) is 23.2 Å². The molecule has 96 valence electrons. The molecule has 3 aliphatic rings. The van der Waals surface area contributed by atoms with Crippen molar-refractivity contribution in [3.63, 3.8) is 0 Å². The summed E-state index contributed by atoms with van der Waals surface area (Å²) >= 11 is 0. The van der Waals surface area contributed by atoms with E-state index in [-0.39, 0.29) is 29.6 Å². The van der Waals surface area contributed by atoms with Crippen molar-refractivity contribution in [1.29, 1.82) is 0 Å². The molecule has 2 fully saturated rings. The molecular weight excluding hydrogens is 238 g/mol. The lowest BCUT2D eigenvalue weighted by atomic mass is 9.71. The molecule has 2 bridgehead atoms. The van der Waals surface area contributed by atoms with E-state index in [0.717, 1.165) is 6.42 Å². The highest BCUT2D eigenvalue weighted by Gasteiger charge is 2.67. The molecule has 4 rings (SSSR count). The topological polar surface area (TPSA) is 37.4 Å². The molecule has 0 N–H and O–H groups in total. The average Bonchev–Trinajstić information content (AvgIpc) is 3.04. The maximum atomic E-state index is 12.8. The summed E-state index contributed by atoms with van der Waals surface area (Å²) in [5.41, 5.74) is 0.180. The fourth-order valence-corrected chi connectivity index (χ4v) is 4.13. The molecule has 1 aromatic rings. The van der Waals surface area contributed by atoms with Gasteiger partial charge in [0.1, 0.15) is 0 Å². The van der Waals surface area contributed by atoms with Crippen molar-refractivity contribution in [2.24, 2.45) is 23.2 Å². The zero-order valence-corrected chi connectivity index (χ0v) is 10.7. The van der Waals surface area contributed by atoms with Crippen molar-refractivity contribution >= 4 is 17.5 Å². The highest BCUT2D eigenvalue weighted by Crippen LogP contribution is 2.60. The van der Waals surface area contributed by atoms with Crippen LogP contribution in [0.25, 0.3) is 0 Å². The summed E-state index contributed by atoms with van der Waals surface area (Å²) in [7, 11) is 0. The number of nitrogens with zero attached hydrogens (tertiary/aromatic N) is 1. The maximum absolute atomic E-state index is 12.8. The van der Waals surface area contributed by atoms with Gasteiger partial charge in [-0.3, -0.25) is 9.59 Å². The zero-order valence-electron chi connectivity index (χ0n) is 10.7. The molecule has 1 aromatic carbocycles. The van der Waals surface area contributed by atoms with E-state index in [9.17, 15) is 9.59 Å². The SMILES string of the molecule is CC12C(=O)N(c3ccccc3)C(=O)C1C1C=CC2C1. The van der Waals surface area contributed by atoms with Gasteiger partial charge in [0.05, 0.1) is 17.0 Å². The molecule has 0 radical (unpaired) electrons. The molecule has 3 heteroatoms. The highest BCUT2D eigenvalue weighted by atomic mass is 16.2. The number of hydrogen-bond acceptors (Lipinski definition) is 2. The Balaban J connectivity index is 1.83. The van der Waals surface area contributed by atoms with Crippen molar-refractivity contribution in [3.05, 3.63) is 42.5 Å². The standard InChI is InChI=1S/C16H15NO2/c1-16-11-8-7-10(9-11)13(16)14(18)17(15(16)19)12-5-3-2-4-6-12/h2-8,10-11,13H,9H2,1H3. The van der Waals surface area contributed by atoms with Crippen LogP contribution in [-0.4, -0.2) is 11.8 Å². The third kappa shape index (κ3) is 1.14. The quantitative estimate of drug-likeness (QED) is 0.569. The highest BCUT2D eigenvalue weighted by molar-refractivity contribution is 6.24. The van der Waals surface area contributed by atoms with Gasteiger partial charge < -0.3 is 0 Å². The number of carbonyl (C=O) groups excluding carboxylic acids is 2. The number of rotatable bonds is 1. The number of fused-ring (bicyclic) bond motifs is 5. The molecule has 2 amide bonds. The van der Waals surface area contributed by atoms with Crippen LogP contribution in [0.5, 0.6) is 0 Å². The van der Waals surface area contributed by atoms with E-state index in [1.54, 1.807) is 0 Å². The first kappa shape index (κ1) is 11.0. The predicted octanol–water partition coefficient (Wildman–Crippen LogP) is 2.39. The van der Waals surface area contributed by atoms with Crippen molar-refractivity contribution in [3.8, 4) is 0 Å². The molecule has 1 saturated heterocycles. The largest absolute Gasteiger partial charge is 0.274 e. The lowest BCUT2D eigenvalue weighted by Crippen LogP contribution is -2.37. The van der Waals surface area contributed by atoms with Crippen LogP contribution in [0.3, 0.4) is 0 Å². The van der Waals surface area contributed by atoms with Gasteiger partial charge in [-0.15, -0.1) is 0 Å². The normalized spacial score (nSPS) is 39.2. The molecule has 1 aliphatic heterocycles. The minimum Gasteiger partial charge on any atom is -0.274 e. The van der Waals surface area contributed by atoms with Crippen LogP contribution in [0.1, 0.15) is 13.3 Å². The smallest absolute Gasteiger partial charge is 0.241 e. The van der Waals surface area contributed by atoms with Gasteiger partial charge in [-0.2, -0.15) is 0 Å². The van der Waals surface area contributed by atoms with Gasteiger partial charge in [-0.05, 0) is 37.3 Å². The monoisotopic (exact) mass is 253 g/mol. The zero-order chi connectivity index (χ0) is 13.2. The summed E-state index contributed by atoms with van der Waals surface area (Å²) in [5, 5.41) is 0. The summed E-state index contributed by atoms with van der Waals surface area (Å²) in [6.45, 7) is 1.97. The summed E-state index contributed by atoms with van der Waals surface area (Å²) in [5.74, 6) is 0.282. The van der Waals surface area contributed by atoms with Crippen LogP contribution in [-0.2, 0) is 9.59 Å². The van der Waals surface area contributed by atoms with Crippen LogP contribution in [0.2, 0.25) is 0 Å². The van der Waals surface area contributed by atoms with Gasteiger partial charge in [-0.1, -0.05) is 30.4 Å². The minimum absolute atomic E-state index is 0.0180. The summed E-state index contributed by atoms with van der Waals surface area (Å²) in [6, 6.07) is 9.27. The van der Waals surface area contributed by atoms with E-state index in [4.69, 9.17) is 0 Å². The third-order valence-corrected chi connectivity index (χ3v) is 5.13. The number of benzene rings is 1. The summed E-state index contributed by atoms with van der Waals surface area (Å²) < 4.78 is 0. The Morgan fingerprint density at radius 3 is 2.58 bits per heavy atom. The Labute approximate surface area is 111 Å². The van der Waals surface area contributed by atoms with Crippen molar-refractivity contribution < 1.29 is 9.59 Å². The number of amides is 2. The lowest BCUT2D eigenvalue weighted by molar-refractivity contribution is -0.127. The second kappa shape index (κ2) is 3.35. The maximum Gasteiger partial charge on any atom is 0.241 e. The van der Waals surface area contributed by atoms with Crippen LogP contribution in [0.15, 0.2) is 42.5 Å². The van der Waals surface area contributed by atoms with Gasteiger partial charge in [0.2, 0.25) is 11.8 Å². The molecule has 19 heavy (non-hydrogen) atoms. The number of para-hydroxylation sites is 1. The van der Waals surface area contributed by atoms with E-state index in [0.29, 0.717) is 5.69 Å². The summed E-state index contributed by atoms with van der Waals surface area (Å²) in [6.07, 6.45) is 5.21. The van der Waals surface area contributed by atoms with Crippen molar-refractivity contribution in [2.75, 3.05) is 4.90 Å². The molecule has 1 saturated carbocycles. The summed E-state index contributed by atoms with van der Waals surface area (Å²) in [4.78, 5) is 26.8. The molecule has 4 unspecified atom stereocenters. The molecule has 2 aliphatic carbocycles. The van der Waals surface area contributed by atoms with Gasteiger partial charge in [0, 0.05) is 0 Å². The molecule has 1 heterocycles. The lowest BCUT2D eigenvalue weighted by Gasteiger charge is -2.28. The fraction of sp³-hybridized carbons (Fsp3) is 0.375. The molecular formula is C16H15NO2. The molecule has 4 atom stereocenters. The number of imide groups is 1. The van der Waals surface area contributed by atoms with E-state index < -0.39 is 5.41 Å². The number of hydrogen-bond donors (Lipinski definition) is 0. The number of carbonyl (C=O) groups is 2. The van der Waals surface area contributed by atoms with E-state index in [1.807, 2.05) is 37.3 Å². The van der Waals surface area contributed by atoms with Gasteiger partial charge in [0.15, 0.2) is 0 Å². The van der Waals surface area contributed by atoms with Crippen molar-refractivity contribution in [2.45, 2.75) is 13.3 Å². The molecule has 0 spiro atoms. The van der Waals surface area contributed by atoms with Gasteiger partial charge in [0.25, 0.3) is 0 Å². The Morgan fingerprint density at radius 2 is 1.89 bits per heavy atom. The van der Waals surface area contributed by atoms with E-state index in [2.05, 4.69) is 12.2 Å². The van der Waals surface area contributed by atoms with E-state index in [1.165, 1.54) is 4.90 Å². The Hall–Kier alpha value is -1.90. The van der Waals surface area contributed by atoms with Gasteiger partial charge >= 0.3 is 0 Å². The van der Waals surface area contributed by atoms with Crippen LogP contribution >= 0.6 is 0 Å². The van der Waals surface area contributed by atoms with Crippen molar-refractivity contribution in [1.82, 2.24) is 0 Å². The first-order valence-electron chi connectivity index (χ1n) is 6.76. The van der Waals surface area contributed by atoms with Crippen LogP contribution < -0.4 is 4.90 Å². The second-order valence-corrected chi connectivity index (χ2v) is 5.97. The minimum atomic E-state index is -0.521. The average molecular weight is 253 g/mol. The Bertz CT molecular complexity index is 606. The number of anilines is 1. The first-order valence-corrected chi connectivity index (χ1v) is 6.76. The van der Waals surface area contributed by atoms with Crippen LogP contribution in [0.4, 0.5) is 5.69 Å².